The first kappa shape index (κ1) is 16.1. The minimum absolute atomic E-state index is 0.305. The van der Waals surface area contributed by atoms with Gasteiger partial charge in [0, 0.05) is 31.8 Å². The Kier molecular flexibility index (Phi) is 5.58. The first-order chi connectivity index (χ1) is 10.8. The molecular formula is C17H31N3O2. The van der Waals surface area contributed by atoms with Crippen molar-refractivity contribution in [2.75, 3.05) is 32.8 Å². The lowest BCUT2D eigenvalue weighted by Crippen LogP contribution is -2.49. The fourth-order valence-electron chi connectivity index (χ4n) is 4.21. The zero-order chi connectivity index (χ0) is 15.4. The maximum Gasteiger partial charge on any atom is 0.320 e. The number of hydrogen-bond donors (Lipinski definition) is 1. The molecule has 0 aromatic rings. The van der Waals surface area contributed by atoms with Crippen LogP contribution in [0.4, 0.5) is 4.79 Å². The Morgan fingerprint density at radius 2 is 1.86 bits per heavy atom. The van der Waals surface area contributed by atoms with E-state index in [1.807, 2.05) is 0 Å². The lowest BCUT2D eigenvalue weighted by Gasteiger charge is -2.36. The van der Waals surface area contributed by atoms with E-state index in [9.17, 15) is 4.79 Å². The molecule has 0 saturated carbocycles. The zero-order valence-corrected chi connectivity index (χ0v) is 13.9. The number of nitrogens with zero attached hydrogens (tertiary/aromatic N) is 2. The van der Waals surface area contributed by atoms with Gasteiger partial charge < -0.3 is 19.9 Å². The number of nitrogens with one attached hydrogen (secondary N) is 1. The summed E-state index contributed by atoms with van der Waals surface area (Å²) in [7, 11) is 0. The molecule has 1 N–H and O–H groups in total. The smallest absolute Gasteiger partial charge is 0.320 e. The molecule has 0 spiro atoms. The van der Waals surface area contributed by atoms with E-state index in [0.717, 1.165) is 65.0 Å². The van der Waals surface area contributed by atoms with Gasteiger partial charge in [0.05, 0.1) is 6.04 Å². The van der Waals surface area contributed by atoms with Gasteiger partial charge in [0.2, 0.25) is 0 Å². The van der Waals surface area contributed by atoms with E-state index in [2.05, 4.69) is 22.0 Å². The van der Waals surface area contributed by atoms with Gasteiger partial charge in [-0.1, -0.05) is 19.8 Å². The highest BCUT2D eigenvalue weighted by molar-refractivity contribution is 5.78. The normalized spacial score (nSPS) is 28.6. The van der Waals surface area contributed by atoms with Crippen molar-refractivity contribution in [3.05, 3.63) is 0 Å². The SMILES string of the molecule is CCCCC1CN(C2CCOCC2)C(=O)N1C1CCNCC1. The van der Waals surface area contributed by atoms with Crippen LogP contribution in [0.25, 0.3) is 0 Å². The zero-order valence-electron chi connectivity index (χ0n) is 13.9. The topological polar surface area (TPSA) is 44.8 Å². The first-order valence-electron chi connectivity index (χ1n) is 9.18. The van der Waals surface area contributed by atoms with Gasteiger partial charge in [-0.2, -0.15) is 0 Å². The van der Waals surface area contributed by atoms with Crippen molar-refractivity contribution in [1.29, 1.82) is 0 Å². The van der Waals surface area contributed by atoms with E-state index in [4.69, 9.17) is 4.74 Å². The van der Waals surface area contributed by atoms with Crippen LogP contribution in [0.3, 0.4) is 0 Å². The van der Waals surface area contributed by atoms with Crippen LogP contribution in [0, 0.1) is 0 Å². The van der Waals surface area contributed by atoms with Crippen LogP contribution in [0.2, 0.25) is 0 Å². The number of amides is 2. The molecule has 3 aliphatic rings. The van der Waals surface area contributed by atoms with Crippen LogP contribution in [-0.4, -0.2) is 66.8 Å². The number of piperidine rings is 1. The van der Waals surface area contributed by atoms with Crippen molar-refractivity contribution in [2.45, 2.75) is 70.0 Å². The predicted octanol–water partition coefficient (Wildman–Crippen LogP) is 2.21. The number of urea groups is 1. The summed E-state index contributed by atoms with van der Waals surface area (Å²) >= 11 is 0. The number of unbranched alkanes of at least 4 members (excludes halogenated alkanes) is 1. The predicted molar refractivity (Wildman–Crippen MR) is 87.0 cm³/mol. The average molecular weight is 309 g/mol. The Morgan fingerprint density at radius 1 is 1.14 bits per heavy atom. The number of carbonyl (C=O) groups is 1. The van der Waals surface area contributed by atoms with Crippen molar-refractivity contribution >= 4 is 6.03 Å². The number of carbonyl (C=O) groups excluding carboxylic acids is 1. The van der Waals surface area contributed by atoms with Crippen LogP contribution >= 0.6 is 0 Å². The van der Waals surface area contributed by atoms with Gasteiger partial charge in [0.1, 0.15) is 0 Å². The molecule has 0 radical (unpaired) electrons. The molecule has 1 atom stereocenters. The highest BCUT2D eigenvalue weighted by atomic mass is 16.5. The summed E-state index contributed by atoms with van der Waals surface area (Å²) in [6, 6.07) is 1.58. The Morgan fingerprint density at radius 3 is 2.55 bits per heavy atom. The molecule has 1 unspecified atom stereocenters. The summed E-state index contributed by atoms with van der Waals surface area (Å²) in [5.41, 5.74) is 0. The minimum Gasteiger partial charge on any atom is -0.381 e. The molecule has 0 aromatic carbocycles. The summed E-state index contributed by atoms with van der Waals surface area (Å²) in [5, 5.41) is 3.42. The fraction of sp³-hybridized carbons (Fsp3) is 0.941. The summed E-state index contributed by atoms with van der Waals surface area (Å²) in [5.74, 6) is 0. The number of ether oxygens (including phenoxy) is 1. The van der Waals surface area contributed by atoms with Gasteiger partial charge in [-0.25, -0.2) is 4.79 Å². The molecule has 2 amide bonds. The average Bonchev–Trinajstić information content (AvgIpc) is 2.91. The third kappa shape index (κ3) is 3.40. The molecule has 5 heteroatoms. The van der Waals surface area contributed by atoms with E-state index < -0.39 is 0 Å². The van der Waals surface area contributed by atoms with Gasteiger partial charge in [-0.15, -0.1) is 0 Å². The second kappa shape index (κ2) is 7.64. The van der Waals surface area contributed by atoms with E-state index in [1.54, 1.807) is 0 Å². The minimum atomic E-state index is 0.305. The summed E-state index contributed by atoms with van der Waals surface area (Å²) in [6.07, 6.45) is 7.82. The molecule has 3 fully saturated rings. The highest BCUT2D eigenvalue weighted by Crippen LogP contribution is 2.30. The Bertz CT molecular complexity index is 365. The van der Waals surface area contributed by atoms with Crippen LogP contribution in [0.5, 0.6) is 0 Å². The monoisotopic (exact) mass is 309 g/mol. The van der Waals surface area contributed by atoms with Crippen molar-refractivity contribution in [2.24, 2.45) is 0 Å². The van der Waals surface area contributed by atoms with Crippen LogP contribution in [-0.2, 0) is 4.74 Å². The van der Waals surface area contributed by atoms with Gasteiger partial charge in [-0.05, 0) is 45.2 Å². The quantitative estimate of drug-likeness (QED) is 0.847. The van der Waals surface area contributed by atoms with E-state index in [0.29, 0.717) is 24.2 Å². The van der Waals surface area contributed by atoms with Gasteiger partial charge in [0.25, 0.3) is 0 Å². The number of hydrogen-bond acceptors (Lipinski definition) is 3. The summed E-state index contributed by atoms with van der Waals surface area (Å²) in [4.78, 5) is 17.5. The fourth-order valence-corrected chi connectivity index (χ4v) is 4.21. The van der Waals surface area contributed by atoms with Gasteiger partial charge in [-0.3, -0.25) is 0 Å². The molecule has 3 saturated heterocycles. The maximum absolute atomic E-state index is 13.1. The van der Waals surface area contributed by atoms with Crippen molar-refractivity contribution < 1.29 is 9.53 Å². The Hall–Kier alpha value is -0.810. The molecule has 0 bridgehead atoms. The maximum atomic E-state index is 13.1. The van der Waals surface area contributed by atoms with Crippen LogP contribution < -0.4 is 5.32 Å². The van der Waals surface area contributed by atoms with Gasteiger partial charge >= 0.3 is 6.03 Å². The molecule has 22 heavy (non-hydrogen) atoms. The van der Waals surface area contributed by atoms with Crippen molar-refractivity contribution in [1.82, 2.24) is 15.1 Å². The molecule has 0 aromatic heterocycles. The molecule has 0 aliphatic carbocycles. The molecule has 3 rings (SSSR count). The first-order valence-corrected chi connectivity index (χ1v) is 9.18. The summed E-state index contributed by atoms with van der Waals surface area (Å²) < 4.78 is 5.47. The Balaban J connectivity index is 1.70. The highest BCUT2D eigenvalue weighted by Gasteiger charge is 2.43. The molecule has 5 nitrogen and oxygen atoms in total. The summed E-state index contributed by atoms with van der Waals surface area (Å²) in [6.45, 7) is 6.89. The Labute approximate surface area is 134 Å². The van der Waals surface area contributed by atoms with Crippen molar-refractivity contribution in [3.8, 4) is 0 Å². The third-order valence-corrected chi connectivity index (χ3v) is 5.49. The molecule has 3 aliphatic heterocycles. The largest absolute Gasteiger partial charge is 0.381 e. The lowest BCUT2D eigenvalue weighted by atomic mass is 10.0. The van der Waals surface area contributed by atoms with Crippen LogP contribution in [0.1, 0.15) is 51.9 Å². The third-order valence-electron chi connectivity index (χ3n) is 5.49. The molecular weight excluding hydrogens is 278 g/mol. The lowest BCUT2D eigenvalue weighted by molar-refractivity contribution is 0.0498. The standard InChI is InChI=1S/C17H31N3O2/c1-2-3-4-16-13-19(14-7-11-22-12-8-14)17(21)20(16)15-5-9-18-10-6-15/h14-16,18H,2-13H2,1H3. The second-order valence-corrected chi connectivity index (χ2v) is 6.96. The second-order valence-electron chi connectivity index (χ2n) is 6.96. The van der Waals surface area contributed by atoms with Gasteiger partial charge in [0.15, 0.2) is 0 Å². The number of rotatable bonds is 5. The van der Waals surface area contributed by atoms with E-state index in [1.165, 1.54) is 12.8 Å². The van der Waals surface area contributed by atoms with E-state index >= 15 is 0 Å². The van der Waals surface area contributed by atoms with Crippen LogP contribution in [0.15, 0.2) is 0 Å². The molecule has 3 heterocycles. The van der Waals surface area contributed by atoms with Crippen molar-refractivity contribution in [3.63, 3.8) is 0 Å². The molecule has 126 valence electrons. The van der Waals surface area contributed by atoms with E-state index in [-0.39, 0.29) is 0 Å².